The fourth-order valence-electron chi connectivity index (χ4n) is 3.51. The highest BCUT2D eigenvalue weighted by Gasteiger charge is 2.44. The Morgan fingerprint density at radius 3 is 1.92 bits per heavy atom. The van der Waals surface area contributed by atoms with Crippen molar-refractivity contribution in [3.63, 3.8) is 0 Å². The quantitative estimate of drug-likeness (QED) is 0.746. The third-order valence-electron chi connectivity index (χ3n) is 4.71. The summed E-state index contributed by atoms with van der Waals surface area (Å²) in [5.74, 6) is -0.438. The van der Waals surface area contributed by atoms with E-state index in [-0.39, 0.29) is 5.97 Å². The summed E-state index contributed by atoms with van der Waals surface area (Å²) in [6.45, 7) is 0. The van der Waals surface area contributed by atoms with Gasteiger partial charge in [-0.2, -0.15) is 0 Å². The lowest BCUT2D eigenvalue weighted by Crippen LogP contribution is -2.43. The normalized spacial score (nSPS) is 19.8. The molecule has 0 radical (unpaired) electrons. The molecule has 1 aliphatic carbocycles. The van der Waals surface area contributed by atoms with Gasteiger partial charge in [-0.3, -0.25) is 0 Å². The Kier molecular flexibility index (Phi) is 3.85. The van der Waals surface area contributed by atoms with Crippen molar-refractivity contribution in [2.24, 2.45) is 0 Å². The molecule has 1 fully saturated rings. The van der Waals surface area contributed by atoms with Gasteiger partial charge < -0.3 is 9.47 Å². The molecule has 4 rings (SSSR count). The molecule has 0 atom stereocenters. The van der Waals surface area contributed by atoms with E-state index in [2.05, 4.69) is 0 Å². The van der Waals surface area contributed by atoms with E-state index in [1.54, 1.807) is 0 Å². The van der Waals surface area contributed by atoms with E-state index in [0.717, 1.165) is 36.8 Å². The van der Waals surface area contributed by atoms with Crippen molar-refractivity contribution < 1.29 is 14.3 Å². The van der Waals surface area contributed by atoms with Gasteiger partial charge in [-0.1, -0.05) is 67.1 Å². The second-order valence-electron chi connectivity index (χ2n) is 6.40. The van der Waals surface area contributed by atoms with Crippen LogP contribution < -0.4 is 0 Å². The van der Waals surface area contributed by atoms with Gasteiger partial charge in [0.15, 0.2) is 0 Å². The third kappa shape index (κ3) is 2.71. The number of carbonyl (C=O) groups excluding carboxylic acids is 1. The van der Waals surface area contributed by atoms with E-state index in [1.807, 2.05) is 60.7 Å². The number of esters is 1. The van der Waals surface area contributed by atoms with Gasteiger partial charge >= 0.3 is 5.97 Å². The topological polar surface area (TPSA) is 35.5 Å². The molecule has 2 aromatic carbocycles. The van der Waals surface area contributed by atoms with E-state index in [1.165, 1.54) is 6.42 Å². The van der Waals surface area contributed by atoms with Gasteiger partial charge in [0.2, 0.25) is 0 Å². The van der Waals surface area contributed by atoms with Crippen LogP contribution in [0, 0.1) is 0 Å². The molecule has 1 aliphatic heterocycles. The molecular weight excluding hydrogens is 300 g/mol. The summed E-state index contributed by atoms with van der Waals surface area (Å²) in [4.78, 5) is 12.9. The highest BCUT2D eigenvalue weighted by Crippen LogP contribution is 2.44. The van der Waals surface area contributed by atoms with Crippen LogP contribution in [0.5, 0.6) is 0 Å². The fraction of sp³-hybridized carbons (Fsp3) is 0.286. The maximum absolute atomic E-state index is 12.9. The molecule has 0 aromatic heterocycles. The molecule has 2 aliphatic rings. The fourth-order valence-corrected chi connectivity index (χ4v) is 3.51. The van der Waals surface area contributed by atoms with Crippen LogP contribution in [0.3, 0.4) is 0 Å². The number of hydrogen-bond acceptors (Lipinski definition) is 3. The zero-order valence-electron chi connectivity index (χ0n) is 13.5. The molecule has 0 saturated heterocycles. The number of hydrogen-bond donors (Lipinski definition) is 0. The maximum Gasteiger partial charge on any atom is 0.345 e. The molecule has 1 heterocycles. The van der Waals surface area contributed by atoms with Gasteiger partial charge in [-0.15, -0.1) is 0 Å². The van der Waals surface area contributed by atoms with Crippen LogP contribution in [-0.2, 0) is 14.3 Å². The Morgan fingerprint density at radius 1 is 0.708 bits per heavy atom. The highest BCUT2D eigenvalue weighted by molar-refractivity contribution is 6.24. The smallest absolute Gasteiger partial charge is 0.345 e. The van der Waals surface area contributed by atoms with Crippen LogP contribution in [0.2, 0.25) is 0 Å². The zero-order valence-corrected chi connectivity index (χ0v) is 13.5. The lowest BCUT2D eigenvalue weighted by atomic mass is 9.91. The van der Waals surface area contributed by atoms with Crippen molar-refractivity contribution in [2.45, 2.75) is 37.9 Å². The average molecular weight is 320 g/mol. The summed E-state index contributed by atoms with van der Waals surface area (Å²) >= 11 is 0. The second kappa shape index (κ2) is 6.16. The monoisotopic (exact) mass is 320 g/mol. The van der Waals surface area contributed by atoms with Crippen molar-refractivity contribution in [3.05, 3.63) is 71.8 Å². The summed E-state index contributed by atoms with van der Waals surface area (Å²) in [7, 11) is 0. The first-order valence-corrected chi connectivity index (χ1v) is 8.55. The molecule has 3 heteroatoms. The van der Waals surface area contributed by atoms with Crippen molar-refractivity contribution in [2.75, 3.05) is 0 Å². The molecule has 0 unspecified atom stereocenters. The first kappa shape index (κ1) is 15.0. The predicted octanol–water partition coefficient (Wildman–Crippen LogP) is 4.79. The van der Waals surface area contributed by atoms with Crippen LogP contribution in [0.1, 0.15) is 43.2 Å². The van der Waals surface area contributed by atoms with Gasteiger partial charge in [0, 0.05) is 18.4 Å². The number of ether oxygens (including phenoxy) is 2. The van der Waals surface area contributed by atoms with E-state index >= 15 is 0 Å². The minimum Gasteiger partial charge on any atom is -0.451 e. The van der Waals surface area contributed by atoms with Crippen molar-refractivity contribution >= 4 is 17.3 Å². The Labute approximate surface area is 141 Å². The SMILES string of the molecule is O=C1OC2(CCCCC2)OC(c2ccccc2)=C1c1ccccc1. The largest absolute Gasteiger partial charge is 0.451 e. The number of benzene rings is 2. The molecule has 0 amide bonds. The number of carbonyl (C=O) groups is 1. The maximum atomic E-state index is 12.9. The summed E-state index contributed by atoms with van der Waals surface area (Å²) in [6, 6.07) is 19.5. The minimum absolute atomic E-state index is 0.284. The van der Waals surface area contributed by atoms with Crippen LogP contribution in [0.25, 0.3) is 11.3 Å². The summed E-state index contributed by atoms with van der Waals surface area (Å²) in [5.41, 5.74) is 2.25. The first-order chi connectivity index (χ1) is 11.8. The standard InChI is InChI=1S/C21H20O3/c22-20-18(16-10-4-1-5-11-16)19(17-12-6-2-7-13-17)23-21(24-20)14-8-3-9-15-21/h1-2,4-7,10-13H,3,8-9,14-15H2. The molecule has 3 nitrogen and oxygen atoms in total. The van der Waals surface area contributed by atoms with E-state index in [0.29, 0.717) is 11.3 Å². The molecule has 0 bridgehead atoms. The molecule has 2 aromatic rings. The van der Waals surface area contributed by atoms with E-state index in [4.69, 9.17) is 9.47 Å². The van der Waals surface area contributed by atoms with Crippen molar-refractivity contribution in [1.29, 1.82) is 0 Å². The van der Waals surface area contributed by atoms with E-state index in [9.17, 15) is 4.79 Å². The van der Waals surface area contributed by atoms with Gasteiger partial charge in [-0.05, 0) is 18.4 Å². The van der Waals surface area contributed by atoms with Gasteiger partial charge in [0.05, 0.1) is 0 Å². The lowest BCUT2D eigenvalue weighted by Gasteiger charge is -2.41. The van der Waals surface area contributed by atoms with Gasteiger partial charge in [-0.25, -0.2) is 4.79 Å². The molecule has 1 spiro atoms. The van der Waals surface area contributed by atoms with Crippen molar-refractivity contribution in [1.82, 2.24) is 0 Å². The van der Waals surface area contributed by atoms with Crippen molar-refractivity contribution in [3.8, 4) is 0 Å². The summed E-state index contributed by atoms with van der Waals surface area (Å²) < 4.78 is 12.2. The summed E-state index contributed by atoms with van der Waals surface area (Å²) in [5, 5.41) is 0. The van der Waals surface area contributed by atoms with Crippen LogP contribution in [-0.4, -0.2) is 11.8 Å². The Bertz CT molecular complexity index is 756. The van der Waals surface area contributed by atoms with Crippen LogP contribution in [0.4, 0.5) is 0 Å². The molecular formula is C21H20O3. The minimum atomic E-state index is -0.793. The molecule has 24 heavy (non-hydrogen) atoms. The van der Waals surface area contributed by atoms with Crippen LogP contribution in [0.15, 0.2) is 60.7 Å². The predicted molar refractivity (Wildman–Crippen MR) is 92.7 cm³/mol. The highest BCUT2D eigenvalue weighted by atomic mass is 16.7. The molecule has 1 saturated carbocycles. The van der Waals surface area contributed by atoms with Crippen LogP contribution >= 0.6 is 0 Å². The number of rotatable bonds is 2. The molecule has 122 valence electrons. The van der Waals surface area contributed by atoms with Gasteiger partial charge in [0.1, 0.15) is 11.3 Å². The Hall–Kier alpha value is -2.55. The van der Waals surface area contributed by atoms with E-state index < -0.39 is 5.79 Å². The Balaban J connectivity index is 1.85. The zero-order chi connectivity index (χ0) is 16.4. The first-order valence-electron chi connectivity index (χ1n) is 8.55. The second-order valence-corrected chi connectivity index (χ2v) is 6.40. The Morgan fingerprint density at radius 2 is 1.29 bits per heavy atom. The average Bonchev–Trinajstić information content (AvgIpc) is 2.63. The lowest BCUT2D eigenvalue weighted by molar-refractivity contribution is -0.217. The molecule has 0 N–H and O–H groups in total. The van der Waals surface area contributed by atoms with Gasteiger partial charge in [0.25, 0.3) is 5.79 Å². The summed E-state index contributed by atoms with van der Waals surface area (Å²) in [6.07, 6.45) is 4.74. The third-order valence-corrected chi connectivity index (χ3v) is 4.71.